The van der Waals surface area contributed by atoms with E-state index >= 15 is 0 Å². The van der Waals surface area contributed by atoms with Gasteiger partial charge in [-0.15, -0.1) is 0 Å². The largest absolute Gasteiger partial charge is 0.372 e. The lowest BCUT2D eigenvalue weighted by Gasteiger charge is -2.34. The second-order valence-corrected chi connectivity index (χ2v) is 7.18. The molecule has 0 aliphatic carbocycles. The Labute approximate surface area is 153 Å². The van der Waals surface area contributed by atoms with E-state index in [-0.39, 0.29) is 6.10 Å². The molecule has 3 aromatic heterocycles. The first-order valence-electron chi connectivity index (χ1n) is 9.31. The molecule has 4 rings (SSSR count). The van der Waals surface area contributed by atoms with Gasteiger partial charge in [-0.05, 0) is 30.4 Å². The van der Waals surface area contributed by atoms with Crippen LogP contribution in [0.15, 0.2) is 42.9 Å². The minimum Gasteiger partial charge on any atom is -0.372 e. The van der Waals surface area contributed by atoms with E-state index in [0.29, 0.717) is 12.5 Å². The molecule has 0 bridgehead atoms. The van der Waals surface area contributed by atoms with Gasteiger partial charge in [0.1, 0.15) is 5.82 Å². The molecule has 6 heteroatoms. The Bertz CT molecular complexity index is 861. The van der Waals surface area contributed by atoms with Crippen LogP contribution in [0.3, 0.4) is 0 Å². The lowest BCUT2D eigenvalue weighted by molar-refractivity contribution is 0.0312. The average molecular weight is 351 g/mol. The summed E-state index contributed by atoms with van der Waals surface area (Å²) in [5.74, 6) is 1.49. The van der Waals surface area contributed by atoms with Crippen LogP contribution in [0.25, 0.3) is 5.65 Å². The van der Waals surface area contributed by atoms with Gasteiger partial charge in [0, 0.05) is 43.3 Å². The molecule has 0 N–H and O–H groups in total. The number of pyridine rings is 1. The Hall–Kier alpha value is -2.47. The summed E-state index contributed by atoms with van der Waals surface area (Å²) >= 11 is 0. The summed E-state index contributed by atoms with van der Waals surface area (Å²) in [6.07, 6.45) is 7.88. The zero-order chi connectivity index (χ0) is 17.9. The van der Waals surface area contributed by atoms with Crippen LogP contribution in [-0.2, 0) is 11.3 Å². The number of piperidine rings is 1. The van der Waals surface area contributed by atoms with Gasteiger partial charge < -0.3 is 9.64 Å². The Morgan fingerprint density at radius 2 is 2.19 bits per heavy atom. The molecular weight excluding hydrogens is 326 g/mol. The molecule has 1 unspecified atom stereocenters. The monoisotopic (exact) mass is 351 g/mol. The minimum absolute atomic E-state index is 0.213. The van der Waals surface area contributed by atoms with Crippen LogP contribution >= 0.6 is 0 Å². The number of hydrogen-bond donors (Lipinski definition) is 0. The third kappa shape index (κ3) is 3.55. The smallest absolute Gasteiger partial charge is 0.157 e. The summed E-state index contributed by atoms with van der Waals surface area (Å²) in [5, 5.41) is 4.48. The number of hydrogen-bond acceptors (Lipinski definition) is 5. The predicted molar refractivity (Wildman–Crippen MR) is 101 cm³/mol. The van der Waals surface area contributed by atoms with Crippen molar-refractivity contribution in [3.05, 3.63) is 54.1 Å². The first-order chi connectivity index (χ1) is 12.7. The van der Waals surface area contributed by atoms with Gasteiger partial charge >= 0.3 is 0 Å². The highest BCUT2D eigenvalue weighted by Crippen LogP contribution is 2.25. The molecule has 0 amide bonds. The standard InChI is InChI=1S/C20H25N5O/c1-15(2)18-11-20(25-19(23-18)7-9-22-25)24-10-4-6-17(13-24)26-14-16-5-3-8-21-12-16/h3,5,7-9,11-12,15,17H,4,6,10,13-14H2,1-2H3. The molecule has 6 nitrogen and oxygen atoms in total. The second kappa shape index (κ2) is 7.41. The zero-order valence-electron chi connectivity index (χ0n) is 15.4. The van der Waals surface area contributed by atoms with Crippen LogP contribution in [-0.4, -0.2) is 38.8 Å². The van der Waals surface area contributed by atoms with Crippen molar-refractivity contribution in [1.29, 1.82) is 0 Å². The Morgan fingerprint density at radius 1 is 1.27 bits per heavy atom. The molecule has 1 atom stereocenters. The summed E-state index contributed by atoms with van der Waals surface area (Å²) < 4.78 is 8.10. The van der Waals surface area contributed by atoms with Gasteiger partial charge in [0.15, 0.2) is 5.65 Å². The summed E-state index contributed by atoms with van der Waals surface area (Å²) in [4.78, 5) is 11.3. The zero-order valence-corrected chi connectivity index (χ0v) is 15.4. The number of aromatic nitrogens is 4. The van der Waals surface area contributed by atoms with E-state index in [9.17, 15) is 0 Å². The quantitative estimate of drug-likeness (QED) is 0.705. The van der Waals surface area contributed by atoms with Crippen molar-refractivity contribution in [2.24, 2.45) is 0 Å². The van der Waals surface area contributed by atoms with Gasteiger partial charge in [-0.1, -0.05) is 19.9 Å². The fourth-order valence-electron chi connectivity index (χ4n) is 3.42. The maximum atomic E-state index is 6.17. The SMILES string of the molecule is CC(C)c1cc(N2CCCC(OCc3cccnc3)C2)n2nccc2n1. The summed E-state index contributed by atoms with van der Waals surface area (Å²) in [7, 11) is 0. The molecule has 1 fully saturated rings. The average Bonchev–Trinajstić information content (AvgIpc) is 3.15. The van der Waals surface area contributed by atoms with Crippen LogP contribution < -0.4 is 4.90 Å². The molecule has 0 radical (unpaired) electrons. The van der Waals surface area contributed by atoms with Gasteiger partial charge in [0.05, 0.1) is 18.9 Å². The minimum atomic E-state index is 0.213. The first-order valence-corrected chi connectivity index (χ1v) is 9.31. The molecule has 0 aromatic carbocycles. The Morgan fingerprint density at radius 3 is 3.00 bits per heavy atom. The van der Waals surface area contributed by atoms with Crippen LogP contribution in [0.1, 0.15) is 43.9 Å². The fraction of sp³-hybridized carbons (Fsp3) is 0.450. The van der Waals surface area contributed by atoms with E-state index in [2.05, 4.69) is 41.0 Å². The summed E-state index contributed by atoms with van der Waals surface area (Å²) in [6.45, 7) is 6.85. The van der Waals surface area contributed by atoms with E-state index in [0.717, 1.165) is 48.7 Å². The number of anilines is 1. The number of nitrogens with zero attached hydrogens (tertiary/aromatic N) is 5. The normalized spacial score (nSPS) is 18.0. The Kier molecular flexibility index (Phi) is 4.84. The van der Waals surface area contributed by atoms with E-state index in [1.807, 2.05) is 29.0 Å². The van der Waals surface area contributed by atoms with E-state index < -0.39 is 0 Å². The van der Waals surface area contributed by atoms with Crippen LogP contribution in [0.5, 0.6) is 0 Å². The second-order valence-electron chi connectivity index (χ2n) is 7.18. The molecule has 1 saturated heterocycles. The topological polar surface area (TPSA) is 55.5 Å². The Balaban J connectivity index is 1.52. The molecular formula is C20H25N5O. The highest BCUT2D eigenvalue weighted by atomic mass is 16.5. The summed E-state index contributed by atoms with van der Waals surface area (Å²) in [6, 6.07) is 8.15. The van der Waals surface area contributed by atoms with Gasteiger partial charge in [-0.2, -0.15) is 9.61 Å². The van der Waals surface area contributed by atoms with Crippen molar-refractivity contribution in [2.75, 3.05) is 18.0 Å². The van der Waals surface area contributed by atoms with Crippen molar-refractivity contribution in [3.63, 3.8) is 0 Å². The number of ether oxygens (including phenoxy) is 1. The van der Waals surface area contributed by atoms with Crippen molar-refractivity contribution < 1.29 is 4.74 Å². The van der Waals surface area contributed by atoms with Crippen LogP contribution in [0, 0.1) is 0 Å². The van der Waals surface area contributed by atoms with E-state index in [4.69, 9.17) is 9.72 Å². The predicted octanol–water partition coefficient (Wildman–Crippen LogP) is 3.43. The van der Waals surface area contributed by atoms with Gasteiger partial charge in [0.25, 0.3) is 0 Å². The lowest BCUT2D eigenvalue weighted by atomic mass is 10.1. The molecule has 0 saturated carbocycles. The maximum absolute atomic E-state index is 6.17. The van der Waals surface area contributed by atoms with Crippen molar-refractivity contribution >= 4 is 11.5 Å². The third-order valence-corrected chi connectivity index (χ3v) is 4.86. The van der Waals surface area contributed by atoms with E-state index in [1.54, 1.807) is 6.20 Å². The molecule has 4 heterocycles. The van der Waals surface area contributed by atoms with Crippen molar-refractivity contribution in [2.45, 2.75) is 45.3 Å². The first kappa shape index (κ1) is 17.0. The van der Waals surface area contributed by atoms with Crippen molar-refractivity contribution in [1.82, 2.24) is 19.6 Å². The molecule has 26 heavy (non-hydrogen) atoms. The molecule has 3 aromatic rings. The highest BCUT2D eigenvalue weighted by Gasteiger charge is 2.23. The maximum Gasteiger partial charge on any atom is 0.157 e. The van der Waals surface area contributed by atoms with Gasteiger partial charge in [0.2, 0.25) is 0 Å². The van der Waals surface area contributed by atoms with Crippen LogP contribution in [0.4, 0.5) is 5.82 Å². The third-order valence-electron chi connectivity index (χ3n) is 4.86. The summed E-state index contributed by atoms with van der Waals surface area (Å²) in [5.41, 5.74) is 3.13. The van der Waals surface area contributed by atoms with E-state index in [1.165, 1.54) is 0 Å². The number of rotatable bonds is 5. The van der Waals surface area contributed by atoms with Gasteiger partial charge in [-0.25, -0.2) is 4.98 Å². The van der Waals surface area contributed by atoms with Gasteiger partial charge in [-0.3, -0.25) is 4.98 Å². The van der Waals surface area contributed by atoms with Crippen molar-refractivity contribution in [3.8, 4) is 0 Å². The molecule has 0 spiro atoms. The molecule has 1 aliphatic heterocycles. The lowest BCUT2D eigenvalue weighted by Crippen LogP contribution is -2.40. The van der Waals surface area contributed by atoms with Crippen LogP contribution in [0.2, 0.25) is 0 Å². The molecule has 1 aliphatic rings. The highest BCUT2D eigenvalue weighted by molar-refractivity contribution is 5.51. The molecule has 136 valence electrons. The number of fused-ring (bicyclic) bond motifs is 1. The fourth-order valence-corrected chi connectivity index (χ4v) is 3.42.